The van der Waals surface area contributed by atoms with Crippen molar-refractivity contribution in [2.45, 2.75) is 87.8 Å². The van der Waals surface area contributed by atoms with Gasteiger partial charge in [-0.2, -0.15) is 0 Å². The number of anilines is 2. The Kier molecular flexibility index (Phi) is 16.2. The van der Waals surface area contributed by atoms with Crippen LogP contribution in [0.15, 0.2) is 110 Å². The number of aromatic nitrogens is 10. The van der Waals surface area contributed by atoms with Crippen LogP contribution >= 0.6 is 0 Å². The third-order valence-electron chi connectivity index (χ3n) is 19.0. The lowest BCUT2D eigenvalue weighted by Gasteiger charge is -2.34. The molecule has 0 N–H and O–H groups in total. The Balaban J connectivity index is 0.000000162. The third kappa shape index (κ3) is 11.2. The fraction of sp³-hybridized carbons (Fsp3) is 0.424. The number of nitrogens with zero attached hydrogens (tertiary/aromatic N) is 12. The van der Waals surface area contributed by atoms with Gasteiger partial charge in [-0.25, -0.2) is 35.6 Å². The Morgan fingerprint density at radius 1 is 0.500 bits per heavy atom. The van der Waals surface area contributed by atoms with Gasteiger partial charge >= 0.3 is 0 Å². The Bertz CT molecular complexity index is 4150. The van der Waals surface area contributed by atoms with Crippen LogP contribution in [0.1, 0.15) is 86.2 Å². The van der Waals surface area contributed by atoms with E-state index in [4.69, 9.17) is 19.4 Å². The molecule has 22 heteroatoms. The number of pyridine rings is 4. The van der Waals surface area contributed by atoms with Crippen molar-refractivity contribution in [3.8, 4) is 22.5 Å². The van der Waals surface area contributed by atoms with E-state index in [0.717, 1.165) is 115 Å². The second-order valence-corrected chi connectivity index (χ2v) is 29.1. The molecule has 0 amide bonds. The first-order valence-electron chi connectivity index (χ1n) is 30.5. The summed E-state index contributed by atoms with van der Waals surface area (Å²) in [5.41, 5.74) is 14.0. The van der Waals surface area contributed by atoms with Crippen LogP contribution in [0, 0.1) is 37.3 Å². The third-order valence-corrected chi connectivity index (χ3v) is 22.3. The van der Waals surface area contributed by atoms with Gasteiger partial charge in [-0.05, 0) is 150 Å². The van der Waals surface area contributed by atoms with Crippen LogP contribution in [0.3, 0.4) is 0 Å². The molecule has 2 unspecified atom stereocenters. The molecule has 4 fully saturated rings. The number of hydrogen-bond donors (Lipinski definition) is 0. The smallest absolute Gasteiger partial charge is 0.150 e. The van der Waals surface area contributed by atoms with Crippen LogP contribution in [-0.2, 0) is 43.2 Å². The number of benzene rings is 2. The molecule has 0 saturated carbocycles. The van der Waals surface area contributed by atoms with Gasteiger partial charge in [0, 0.05) is 137 Å². The van der Waals surface area contributed by atoms with E-state index in [0.29, 0.717) is 89.7 Å². The van der Waals surface area contributed by atoms with Gasteiger partial charge in [0.1, 0.15) is 31.3 Å². The van der Waals surface area contributed by atoms with Crippen molar-refractivity contribution in [2.24, 2.45) is 25.9 Å². The molecular formula is C66H74F2N12O6S2. The second kappa shape index (κ2) is 24.0. The average Bonchev–Trinajstić information content (AvgIpc) is 1.69. The molecule has 8 aromatic heterocycles. The zero-order valence-electron chi connectivity index (χ0n) is 50.6. The van der Waals surface area contributed by atoms with E-state index in [2.05, 4.69) is 87.4 Å². The molecule has 0 spiro atoms. The molecule has 12 heterocycles. The van der Waals surface area contributed by atoms with E-state index >= 15 is 8.78 Å². The maximum Gasteiger partial charge on any atom is 0.150 e. The highest BCUT2D eigenvalue weighted by atomic mass is 32.2. The summed E-state index contributed by atoms with van der Waals surface area (Å²) in [6.07, 6.45) is 18.9. The molecule has 4 aliphatic rings. The van der Waals surface area contributed by atoms with Gasteiger partial charge in [0.05, 0.1) is 103 Å². The largest absolute Gasteiger partial charge is 0.381 e. The summed E-state index contributed by atoms with van der Waals surface area (Å²) in [6.45, 7) is 9.07. The highest BCUT2D eigenvalue weighted by Crippen LogP contribution is 2.45. The molecule has 0 radical (unpaired) electrons. The fourth-order valence-corrected chi connectivity index (χ4v) is 16.6. The summed E-state index contributed by atoms with van der Waals surface area (Å²) in [7, 11) is -2.20. The van der Waals surface area contributed by atoms with Gasteiger partial charge in [0.25, 0.3) is 0 Å². The number of rotatable bonds is 12. The summed E-state index contributed by atoms with van der Waals surface area (Å²) in [4.78, 5) is 32.8. The molecule has 88 heavy (non-hydrogen) atoms. The summed E-state index contributed by atoms with van der Waals surface area (Å²) in [6, 6.07) is 22.5. The van der Waals surface area contributed by atoms with Gasteiger partial charge < -0.3 is 37.5 Å². The summed E-state index contributed by atoms with van der Waals surface area (Å²) < 4.78 is 100. The first kappa shape index (κ1) is 59.3. The molecule has 14 rings (SSSR count). The molecule has 0 aliphatic carbocycles. The lowest BCUT2D eigenvalue weighted by molar-refractivity contribution is 0.0542. The number of fused-ring (bicyclic) bond motifs is 6. The topological polar surface area (TPSA) is 190 Å². The van der Waals surface area contributed by atoms with Gasteiger partial charge in [0.15, 0.2) is 0 Å². The van der Waals surface area contributed by atoms with Crippen molar-refractivity contribution in [2.75, 3.05) is 74.9 Å². The van der Waals surface area contributed by atoms with Crippen LogP contribution in [0.4, 0.5) is 20.2 Å². The van der Waals surface area contributed by atoms with Crippen LogP contribution < -0.4 is 9.80 Å². The SMILES string of the molecule is Cc1ncn(C)c1-c1cnc2c3ccc(N4CCC(S(C)(=O)=O)CC4)cc3n(C(c3ncccc3F)C3CCOCC3)c2c1.Cc1ncn(C)c1-c1cnc2c3ccc(N4CCC(S(C)(=O)=O)CC4)cc3n(C(c3ncccc3F)C3CCOCC3)c2c1. The lowest BCUT2D eigenvalue weighted by atomic mass is 9.88. The minimum atomic E-state index is -3.08. The van der Waals surface area contributed by atoms with Crippen LogP contribution in [-0.4, -0.2) is 141 Å². The maximum atomic E-state index is 15.7. The minimum absolute atomic E-state index is 0.100. The van der Waals surface area contributed by atoms with Crippen molar-refractivity contribution in [3.63, 3.8) is 0 Å². The van der Waals surface area contributed by atoms with Crippen molar-refractivity contribution < 1.29 is 35.1 Å². The Morgan fingerprint density at radius 2 is 0.886 bits per heavy atom. The number of halogens is 2. The van der Waals surface area contributed by atoms with Gasteiger partial charge in [-0.15, -0.1) is 0 Å². The molecule has 4 aliphatic heterocycles. The molecule has 10 aromatic rings. The fourth-order valence-electron chi connectivity index (χ4n) is 14.4. The molecular weight excluding hydrogens is 1160 g/mol. The number of hydrogen-bond acceptors (Lipinski definition) is 14. The normalized spacial score (nSPS) is 18.0. The predicted molar refractivity (Wildman–Crippen MR) is 340 cm³/mol. The van der Waals surface area contributed by atoms with Crippen LogP contribution in [0.2, 0.25) is 0 Å². The lowest BCUT2D eigenvalue weighted by Crippen LogP contribution is -2.39. The monoisotopic (exact) mass is 1230 g/mol. The van der Waals surface area contributed by atoms with Crippen molar-refractivity contribution >= 4 is 74.9 Å². The Morgan fingerprint density at radius 3 is 1.23 bits per heavy atom. The molecule has 0 bridgehead atoms. The van der Waals surface area contributed by atoms with Gasteiger partial charge in [-0.1, -0.05) is 0 Å². The molecule has 2 aromatic carbocycles. The number of aryl methyl sites for hydroxylation is 4. The average molecular weight is 1230 g/mol. The summed E-state index contributed by atoms with van der Waals surface area (Å²) in [5.74, 6) is -0.458. The highest BCUT2D eigenvalue weighted by Gasteiger charge is 2.37. The number of ether oxygens (including phenoxy) is 2. The maximum absolute atomic E-state index is 15.7. The minimum Gasteiger partial charge on any atom is -0.381 e. The summed E-state index contributed by atoms with van der Waals surface area (Å²) >= 11 is 0. The predicted octanol–water partition coefficient (Wildman–Crippen LogP) is 10.9. The molecule has 4 saturated heterocycles. The zero-order chi connectivity index (χ0) is 61.2. The second-order valence-electron chi connectivity index (χ2n) is 24.5. The van der Waals surface area contributed by atoms with E-state index < -0.39 is 19.7 Å². The number of sulfone groups is 2. The van der Waals surface area contributed by atoms with Gasteiger partial charge in [-0.3, -0.25) is 19.9 Å². The number of piperidine rings is 2. The van der Waals surface area contributed by atoms with Crippen LogP contribution in [0.5, 0.6) is 0 Å². The van der Waals surface area contributed by atoms with Crippen LogP contribution in [0.25, 0.3) is 66.4 Å². The van der Waals surface area contributed by atoms with Crippen molar-refractivity contribution in [3.05, 3.63) is 145 Å². The first-order valence-corrected chi connectivity index (χ1v) is 34.4. The molecule has 460 valence electrons. The van der Waals surface area contributed by atoms with Crippen molar-refractivity contribution in [1.82, 2.24) is 48.2 Å². The molecule has 2 atom stereocenters. The number of imidazole rings is 2. The molecule has 18 nitrogen and oxygen atoms in total. The van der Waals surface area contributed by atoms with E-state index in [1.54, 1.807) is 37.2 Å². The quantitative estimate of drug-likeness (QED) is 0.112. The van der Waals surface area contributed by atoms with E-state index in [-0.39, 0.29) is 46.1 Å². The highest BCUT2D eigenvalue weighted by molar-refractivity contribution is 7.91. The van der Waals surface area contributed by atoms with E-state index in [1.807, 2.05) is 49.5 Å². The zero-order valence-corrected chi connectivity index (χ0v) is 52.2. The van der Waals surface area contributed by atoms with E-state index in [1.165, 1.54) is 24.6 Å². The Hall–Kier alpha value is -7.66. The van der Waals surface area contributed by atoms with Gasteiger partial charge in [0.2, 0.25) is 0 Å². The first-order chi connectivity index (χ1) is 42.4. The van der Waals surface area contributed by atoms with E-state index in [9.17, 15) is 16.8 Å². The summed E-state index contributed by atoms with van der Waals surface area (Å²) in [5, 5.41) is 1.35. The van der Waals surface area contributed by atoms with Crippen molar-refractivity contribution in [1.29, 1.82) is 0 Å². The Labute approximate surface area is 511 Å². The standard InChI is InChI=1S/2C33H37FN6O3S/c2*1-21-32(38(2)20-37-21)23-17-29-30(36-19-23)26-7-6-24(39-13-8-25(9-14-39)44(3,41)42)18-28(26)40(29)33(22-10-15-43-16-11-22)31-27(34)5-4-12-35-31/h2*4-7,12,17-20,22,25,33H,8-11,13-16H2,1-3H3.